The molecule has 0 N–H and O–H groups in total. The molecule has 5 nitrogen and oxygen atoms in total. The number of carbonyl (C=O) groups excluding carboxylic acids is 1. The number of hydrogen-bond acceptors (Lipinski definition) is 3. The van der Waals surface area contributed by atoms with Crippen LogP contribution in [0.2, 0.25) is 0 Å². The maximum atomic E-state index is 13.6. The van der Waals surface area contributed by atoms with Crippen LogP contribution in [0.1, 0.15) is 44.9 Å². The van der Waals surface area contributed by atoms with Crippen LogP contribution >= 0.6 is 15.9 Å². The summed E-state index contributed by atoms with van der Waals surface area (Å²) in [5, 5.41) is 11.6. The lowest BCUT2D eigenvalue weighted by molar-refractivity contribution is -0.135. The quantitative estimate of drug-likeness (QED) is 0.539. The lowest BCUT2D eigenvalue weighted by atomic mass is 9.82. The second-order valence-electron chi connectivity index (χ2n) is 6.75. The first-order valence-corrected chi connectivity index (χ1v) is 9.66. The monoisotopic (exact) mass is 408 g/mol. The highest BCUT2D eigenvalue weighted by molar-refractivity contribution is 9.09. The zero-order valence-electron chi connectivity index (χ0n) is 14.7. The maximum Gasteiger partial charge on any atom is 0.254 e. The van der Waals surface area contributed by atoms with Crippen molar-refractivity contribution in [3.8, 4) is 0 Å². The molecule has 1 aliphatic heterocycles. The molecule has 0 unspecified atom stereocenters. The number of carbonyl (C=O) groups is 1. The first-order valence-electron chi connectivity index (χ1n) is 8.54. The SMILES string of the molecule is CCc1nn2cc(F)ccc2c1C1=NN(CCCCBr)C(=O)C1(C)C. The molecule has 1 aliphatic rings. The summed E-state index contributed by atoms with van der Waals surface area (Å²) in [5.74, 6) is -0.343. The Labute approximate surface area is 155 Å². The van der Waals surface area contributed by atoms with Crippen molar-refractivity contribution in [1.82, 2.24) is 14.6 Å². The second-order valence-corrected chi connectivity index (χ2v) is 7.54. The number of hydrazone groups is 1. The van der Waals surface area contributed by atoms with E-state index in [1.807, 2.05) is 20.8 Å². The fraction of sp³-hybridized carbons (Fsp3) is 0.500. The van der Waals surface area contributed by atoms with Gasteiger partial charge in [-0.1, -0.05) is 22.9 Å². The third-order valence-corrected chi connectivity index (χ3v) is 5.13. The van der Waals surface area contributed by atoms with Crippen LogP contribution in [0.25, 0.3) is 5.52 Å². The molecule has 3 rings (SSSR count). The van der Waals surface area contributed by atoms with E-state index >= 15 is 0 Å². The van der Waals surface area contributed by atoms with E-state index in [1.54, 1.807) is 15.6 Å². The van der Waals surface area contributed by atoms with Gasteiger partial charge in [-0.15, -0.1) is 0 Å². The summed E-state index contributed by atoms with van der Waals surface area (Å²) in [5.41, 5.74) is 2.45. The van der Waals surface area contributed by atoms with E-state index in [-0.39, 0.29) is 11.7 Å². The number of aryl methyl sites for hydroxylation is 1. The number of hydrogen-bond donors (Lipinski definition) is 0. The third kappa shape index (κ3) is 3.10. The van der Waals surface area contributed by atoms with Gasteiger partial charge in [0.1, 0.15) is 5.82 Å². The Morgan fingerprint density at radius 1 is 1.28 bits per heavy atom. The zero-order chi connectivity index (χ0) is 18.2. The Balaban J connectivity index is 2.09. The van der Waals surface area contributed by atoms with Gasteiger partial charge in [0.25, 0.3) is 5.91 Å². The third-order valence-electron chi connectivity index (χ3n) is 4.57. The van der Waals surface area contributed by atoms with Crippen LogP contribution in [-0.4, -0.2) is 38.1 Å². The molecule has 134 valence electrons. The normalized spacial score (nSPS) is 16.8. The number of amides is 1. The average molecular weight is 409 g/mol. The molecule has 3 heterocycles. The molecule has 0 radical (unpaired) electrons. The molecule has 2 aromatic rings. The minimum Gasteiger partial charge on any atom is -0.272 e. The Kier molecular flexibility index (Phi) is 4.95. The van der Waals surface area contributed by atoms with Gasteiger partial charge in [-0.2, -0.15) is 10.2 Å². The highest BCUT2D eigenvalue weighted by Crippen LogP contribution is 2.35. The maximum absolute atomic E-state index is 13.6. The van der Waals surface area contributed by atoms with Crippen LogP contribution in [0.3, 0.4) is 0 Å². The molecule has 0 aromatic carbocycles. The molecule has 25 heavy (non-hydrogen) atoms. The molecule has 0 spiro atoms. The summed E-state index contributed by atoms with van der Waals surface area (Å²) in [7, 11) is 0. The average Bonchev–Trinajstić information content (AvgIpc) is 3.03. The van der Waals surface area contributed by atoms with Crippen molar-refractivity contribution < 1.29 is 9.18 Å². The van der Waals surface area contributed by atoms with E-state index in [4.69, 9.17) is 0 Å². The van der Waals surface area contributed by atoms with Crippen molar-refractivity contribution in [3.05, 3.63) is 35.4 Å². The number of halogens is 2. The van der Waals surface area contributed by atoms with Gasteiger partial charge in [-0.3, -0.25) is 4.79 Å². The molecule has 2 aromatic heterocycles. The highest BCUT2D eigenvalue weighted by Gasteiger charge is 2.45. The van der Waals surface area contributed by atoms with Crippen molar-refractivity contribution >= 4 is 33.1 Å². The lowest BCUT2D eigenvalue weighted by Gasteiger charge is -2.19. The van der Waals surface area contributed by atoms with Gasteiger partial charge in [0, 0.05) is 17.4 Å². The van der Waals surface area contributed by atoms with Crippen LogP contribution < -0.4 is 0 Å². The summed E-state index contributed by atoms with van der Waals surface area (Å²) < 4.78 is 15.1. The molecule has 7 heteroatoms. The highest BCUT2D eigenvalue weighted by atomic mass is 79.9. The number of rotatable bonds is 6. The minimum absolute atomic E-state index is 0.000544. The van der Waals surface area contributed by atoms with E-state index in [0.717, 1.165) is 40.7 Å². The van der Waals surface area contributed by atoms with Crippen molar-refractivity contribution in [1.29, 1.82) is 0 Å². The molecular weight excluding hydrogens is 387 g/mol. The molecule has 0 aliphatic carbocycles. The Hall–Kier alpha value is -1.76. The van der Waals surface area contributed by atoms with E-state index in [2.05, 4.69) is 26.1 Å². The van der Waals surface area contributed by atoms with Gasteiger partial charge in [0.15, 0.2) is 0 Å². The first-order chi connectivity index (χ1) is 11.9. The van der Waals surface area contributed by atoms with E-state index < -0.39 is 5.41 Å². The molecule has 0 atom stereocenters. The van der Waals surface area contributed by atoms with Gasteiger partial charge in [-0.25, -0.2) is 13.9 Å². The minimum atomic E-state index is -0.726. The Bertz CT molecular complexity index is 843. The van der Waals surface area contributed by atoms with Gasteiger partial charge >= 0.3 is 0 Å². The van der Waals surface area contributed by atoms with Crippen LogP contribution in [0, 0.1) is 11.2 Å². The lowest BCUT2D eigenvalue weighted by Crippen LogP contribution is -2.35. The number of fused-ring (bicyclic) bond motifs is 1. The molecular formula is C18H22BrFN4O. The number of alkyl halides is 1. The van der Waals surface area contributed by atoms with Crippen molar-refractivity contribution in [3.63, 3.8) is 0 Å². The summed E-state index contributed by atoms with van der Waals surface area (Å²) in [6.07, 6.45) is 3.93. The molecule has 1 amide bonds. The summed E-state index contributed by atoms with van der Waals surface area (Å²) in [6.45, 7) is 6.39. The van der Waals surface area contributed by atoms with Gasteiger partial charge in [0.05, 0.1) is 28.5 Å². The molecule has 0 saturated heterocycles. The van der Waals surface area contributed by atoms with Crippen LogP contribution in [0.5, 0.6) is 0 Å². The topological polar surface area (TPSA) is 50.0 Å². The zero-order valence-corrected chi connectivity index (χ0v) is 16.3. The van der Waals surface area contributed by atoms with E-state index in [1.165, 1.54) is 12.3 Å². The standard InChI is InChI=1S/C18H22BrFN4O/c1-4-13-15(14-8-7-12(20)11-24(14)21-13)16-18(2,3)17(25)23(22-16)10-6-5-9-19/h7-8,11H,4-6,9-10H2,1-3H3. The number of nitrogens with zero attached hydrogens (tertiary/aromatic N) is 4. The molecule has 0 fully saturated rings. The molecule has 0 bridgehead atoms. The van der Waals surface area contributed by atoms with E-state index in [9.17, 15) is 9.18 Å². The van der Waals surface area contributed by atoms with Crippen molar-refractivity contribution in [2.45, 2.75) is 40.0 Å². The predicted molar refractivity (Wildman–Crippen MR) is 99.6 cm³/mol. The summed E-state index contributed by atoms with van der Waals surface area (Å²) in [4.78, 5) is 12.8. The number of aromatic nitrogens is 2. The predicted octanol–water partition coefficient (Wildman–Crippen LogP) is 3.78. The fourth-order valence-corrected chi connectivity index (χ4v) is 3.56. The summed E-state index contributed by atoms with van der Waals surface area (Å²) in [6, 6.07) is 3.12. The summed E-state index contributed by atoms with van der Waals surface area (Å²) >= 11 is 3.41. The first kappa shape index (κ1) is 18.0. The molecule has 0 saturated carbocycles. The van der Waals surface area contributed by atoms with Gasteiger partial charge < -0.3 is 0 Å². The Morgan fingerprint density at radius 2 is 2.04 bits per heavy atom. The van der Waals surface area contributed by atoms with Crippen molar-refractivity contribution in [2.24, 2.45) is 10.5 Å². The van der Waals surface area contributed by atoms with Crippen LogP contribution in [0.15, 0.2) is 23.4 Å². The second kappa shape index (κ2) is 6.86. The van der Waals surface area contributed by atoms with Gasteiger partial charge in [0.2, 0.25) is 0 Å². The van der Waals surface area contributed by atoms with E-state index in [0.29, 0.717) is 13.0 Å². The number of unbranched alkanes of at least 4 members (excludes halogenated alkanes) is 1. The van der Waals surface area contributed by atoms with Crippen LogP contribution in [-0.2, 0) is 11.2 Å². The number of pyridine rings is 1. The fourth-order valence-electron chi connectivity index (χ4n) is 3.16. The largest absolute Gasteiger partial charge is 0.272 e. The Morgan fingerprint density at radius 3 is 2.72 bits per heavy atom. The van der Waals surface area contributed by atoms with Crippen molar-refractivity contribution in [2.75, 3.05) is 11.9 Å². The smallest absolute Gasteiger partial charge is 0.254 e. The van der Waals surface area contributed by atoms with Crippen LogP contribution in [0.4, 0.5) is 4.39 Å². The van der Waals surface area contributed by atoms with Gasteiger partial charge in [-0.05, 0) is 45.2 Å².